The summed E-state index contributed by atoms with van der Waals surface area (Å²) in [5.74, 6) is 0.539. The molecule has 5 heteroatoms. The molecule has 4 nitrogen and oxygen atoms in total. The monoisotopic (exact) mass is 336 g/mol. The van der Waals surface area contributed by atoms with Crippen LogP contribution in [0.25, 0.3) is 0 Å². The van der Waals surface area contributed by atoms with E-state index in [1.807, 2.05) is 29.2 Å². The topological polar surface area (TPSA) is 49.4 Å². The predicted octanol–water partition coefficient (Wildman–Crippen LogP) is 4.16. The molecule has 0 spiro atoms. The number of carbonyl (C=O) groups is 2. The first-order valence-corrected chi connectivity index (χ1v) is 9.19. The predicted molar refractivity (Wildman–Crippen MR) is 97.8 cm³/mol. The molecule has 0 saturated heterocycles. The van der Waals surface area contributed by atoms with Crippen molar-refractivity contribution in [1.82, 2.24) is 4.90 Å². The average Bonchev–Trinajstić information content (AvgIpc) is 2.53. The van der Waals surface area contributed by atoms with Crippen LogP contribution in [0.2, 0.25) is 0 Å². The van der Waals surface area contributed by atoms with Gasteiger partial charge < -0.3 is 10.2 Å². The first-order chi connectivity index (χ1) is 10.9. The third kappa shape index (κ3) is 6.26. The van der Waals surface area contributed by atoms with Crippen LogP contribution in [0.15, 0.2) is 29.2 Å². The molecule has 128 valence electrons. The summed E-state index contributed by atoms with van der Waals surface area (Å²) in [5.41, 5.74) is 0.772. The van der Waals surface area contributed by atoms with E-state index in [1.165, 1.54) is 18.7 Å². The fourth-order valence-corrected chi connectivity index (χ4v) is 3.14. The highest BCUT2D eigenvalue weighted by Crippen LogP contribution is 2.22. The van der Waals surface area contributed by atoms with Gasteiger partial charge in [0.15, 0.2) is 0 Å². The van der Waals surface area contributed by atoms with Gasteiger partial charge in [-0.2, -0.15) is 0 Å². The highest BCUT2D eigenvalue weighted by molar-refractivity contribution is 8.00. The lowest BCUT2D eigenvalue weighted by atomic mass is 10.1. The molecule has 1 aromatic rings. The maximum absolute atomic E-state index is 12.6. The van der Waals surface area contributed by atoms with Crippen LogP contribution < -0.4 is 5.32 Å². The van der Waals surface area contributed by atoms with Crippen molar-refractivity contribution in [2.75, 3.05) is 11.1 Å². The van der Waals surface area contributed by atoms with Crippen LogP contribution in [0.3, 0.4) is 0 Å². The number of carbonyl (C=O) groups excluding carboxylic acids is 2. The van der Waals surface area contributed by atoms with Crippen LogP contribution in [-0.2, 0) is 9.59 Å². The smallest absolute Gasteiger partial charge is 0.233 e. The largest absolute Gasteiger partial charge is 0.337 e. The molecule has 0 aliphatic heterocycles. The van der Waals surface area contributed by atoms with Crippen molar-refractivity contribution in [3.63, 3.8) is 0 Å². The summed E-state index contributed by atoms with van der Waals surface area (Å²) < 4.78 is 0. The Morgan fingerprint density at radius 1 is 1.09 bits per heavy atom. The Bertz CT molecular complexity index is 506. The summed E-state index contributed by atoms with van der Waals surface area (Å²) in [6.07, 6.45) is 1.93. The Morgan fingerprint density at radius 3 is 2.04 bits per heavy atom. The molecule has 23 heavy (non-hydrogen) atoms. The highest BCUT2D eigenvalue weighted by atomic mass is 32.2. The second-order valence-electron chi connectivity index (χ2n) is 5.81. The number of nitrogens with one attached hydrogen (secondary N) is 1. The Balaban J connectivity index is 2.64. The standard InChI is InChI=1S/C18H28N2O2S/c1-6-13(3)20(14(4)7-2)18(22)12-23-17-10-8-16(9-11-17)19-15(5)21/h8-11,13-14H,6-7,12H2,1-5H3,(H,19,21)/t13-,14-/m0/s1. The van der Waals surface area contributed by atoms with Crippen molar-refractivity contribution in [3.8, 4) is 0 Å². The van der Waals surface area contributed by atoms with Gasteiger partial charge in [0.05, 0.1) is 5.75 Å². The number of rotatable bonds is 8. The number of hydrogen-bond donors (Lipinski definition) is 1. The molecule has 0 unspecified atom stereocenters. The van der Waals surface area contributed by atoms with Crippen molar-refractivity contribution in [2.24, 2.45) is 0 Å². The van der Waals surface area contributed by atoms with Crippen LogP contribution in [0, 0.1) is 0 Å². The quantitative estimate of drug-likeness (QED) is 0.725. The van der Waals surface area contributed by atoms with Crippen molar-refractivity contribution in [1.29, 1.82) is 0 Å². The van der Waals surface area contributed by atoms with Gasteiger partial charge in [0.25, 0.3) is 0 Å². The van der Waals surface area contributed by atoms with E-state index in [1.54, 1.807) is 0 Å². The number of amides is 2. The van der Waals surface area contributed by atoms with Crippen molar-refractivity contribution in [3.05, 3.63) is 24.3 Å². The second-order valence-corrected chi connectivity index (χ2v) is 6.86. The SMILES string of the molecule is CC[C@H](C)N(C(=O)CSc1ccc(NC(C)=O)cc1)[C@@H](C)CC. The lowest BCUT2D eigenvalue weighted by molar-refractivity contribution is -0.132. The average molecular weight is 337 g/mol. The first kappa shape index (κ1) is 19.6. The van der Waals surface area contributed by atoms with Crippen LogP contribution in [0.1, 0.15) is 47.5 Å². The summed E-state index contributed by atoms with van der Waals surface area (Å²) in [7, 11) is 0. The second kappa shape index (κ2) is 9.60. The van der Waals surface area contributed by atoms with E-state index in [9.17, 15) is 9.59 Å². The Kier molecular flexibility index (Phi) is 8.17. The molecule has 0 heterocycles. The van der Waals surface area contributed by atoms with E-state index in [-0.39, 0.29) is 23.9 Å². The maximum atomic E-state index is 12.6. The minimum atomic E-state index is -0.0849. The molecule has 0 bridgehead atoms. The Labute approximate surface area is 144 Å². The minimum absolute atomic E-state index is 0.0849. The number of hydrogen-bond acceptors (Lipinski definition) is 3. The van der Waals surface area contributed by atoms with Gasteiger partial charge in [-0.25, -0.2) is 0 Å². The van der Waals surface area contributed by atoms with E-state index in [2.05, 4.69) is 33.0 Å². The van der Waals surface area contributed by atoms with Crippen LogP contribution in [0.4, 0.5) is 5.69 Å². The third-order valence-electron chi connectivity index (χ3n) is 3.96. The van der Waals surface area contributed by atoms with Gasteiger partial charge in [0.1, 0.15) is 0 Å². The molecule has 1 N–H and O–H groups in total. The summed E-state index contributed by atoms with van der Waals surface area (Å²) in [4.78, 5) is 26.6. The van der Waals surface area contributed by atoms with Crippen molar-refractivity contribution < 1.29 is 9.59 Å². The van der Waals surface area contributed by atoms with Crippen molar-refractivity contribution >= 4 is 29.3 Å². The zero-order valence-electron chi connectivity index (χ0n) is 14.8. The fourth-order valence-electron chi connectivity index (χ4n) is 2.38. The normalized spacial score (nSPS) is 13.3. The third-order valence-corrected chi connectivity index (χ3v) is 4.95. The molecule has 2 atom stereocenters. The summed E-state index contributed by atoms with van der Waals surface area (Å²) in [6.45, 7) is 9.93. The van der Waals surface area contributed by atoms with Gasteiger partial charge in [0, 0.05) is 29.6 Å². The minimum Gasteiger partial charge on any atom is -0.337 e. The lowest BCUT2D eigenvalue weighted by Crippen LogP contribution is -2.45. The molecular formula is C18H28N2O2S. The number of benzene rings is 1. The molecule has 1 aromatic carbocycles. The molecule has 0 aliphatic carbocycles. The molecule has 0 aliphatic rings. The van der Waals surface area contributed by atoms with Gasteiger partial charge in [0.2, 0.25) is 11.8 Å². The lowest BCUT2D eigenvalue weighted by Gasteiger charge is -2.34. The van der Waals surface area contributed by atoms with E-state index < -0.39 is 0 Å². The molecule has 0 aromatic heterocycles. The van der Waals surface area contributed by atoms with Crippen LogP contribution in [-0.4, -0.2) is 34.6 Å². The Morgan fingerprint density at radius 2 is 1.61 bits per heavy atom. The zero-order chi connectivity index (χ0) is 17.4. The number of anilines is 1. The van der Waals surface area contributed by atoms with E-state index >= 15 is 0 Å². The van der Waals surface area contributed by atoms with Crippen LogP contribution in [0.5, 0.6) is 0 Å². The Hall–Kier alpha value is -1.49. The first-order valence-electron chi connectivity index (χ1n) is 8.20. The van der Waals surface area contributed by atoms with E-state index in [4.69, 9.17) is 0 Å². The van der Waals surface area contributed by atoms with Crippen molar-refractivity contribution in [2.45, 2.75) is 64.4 Å². The molecule has 0 saturated carbocycles. The molecule has 2 amide bonds. The summed E-state index contributed by atoms with van der Waals surface area (Å²) in [5, 5.41) is 2.74. The van der Waals surface area contributed by atoms with Gasteiger partial charge in [-0.1, -0.05) is 13.8 Å². The molecular weight excluding hydrogens is 308 g/mol. The highest BCUT2D eigenvalue weighted by Gasteiger charge is 2.23. The number of thioether (sulfide) groups is 1. The van der Waals surface area contributed by atoms with Crippen LogP contribution >= 0.6 is 11.8 Å². The van der Waals surface area contributed by atoms with E-state index in [0.29, 0.717) is 5.75 Å². The van der Waals surface area contributed by atoms with E-state index in [0.717, 1.165) is 23.4 Å². The molecule has 1 rings (SSSR count). The van der Waals surface area contributed by atoms with Gasteiger partial charge in [-0.15, -0.1) is 11.8 Å². The fraction of sp³-hybridized carbons (Fsp3) is 0.556. The van der Waals surface area contributed by atoms with Gasteiger partial charge in [-0.3, -0.25) is 9.59 Å². The molecule has 0 radical (unpaired) electrons. The zero-order valence-corrected chi connectivity index (χ0v) is 15.6. The summed E-state index contributed by atoms with van der Waals surface area (Å²) >= 11 is 1.54. The maximum Gasteiger partial charge on any atom is 0.233 e. The molecule has 0 fully saturated rings. The van der Waals surface area contributed by atoms with Gasteiger partial charge in [-0.05, 0) is 51.0 Å². The number of nitrogens with zero attached hydrogens (tertiary/aromatic N) is 1. The summed E-state index contributed by atoms with van der Waals surface area (Å²) in [6, 6.07) is 8.10. The van der Waals surface area contributed by atoms with Gasteiger partial charge >= 0.3 is 0 Å².